The molecule has 106 valence electrons. The van der Waals surface area contributed by atoms with Gasteiger partial charge in [-0.2, -0.15) is 0 Å². The second-order valence-electron chi connectivity index (χ2n) is 4.94. The van der Waals surface area contributed by atoms with Crippen molar-refractivity contribution < 1.29 is 8.78 Å². The van der Waals surface area contributed by atoms with Crippen molar-refractivity contribution in [1.82, 2.24) is 5.32 Å². The highest BCUT2D eigenvalue weighted by molar-refractivity contribution is 5.28. The van der Waals surface area contributed by atoms with Crippen LogP contribution in [0.4, 0.5) is 8.78 Å². The summed E-state index contributed by atoms with van der Waals surface area (Å²) >= 11 is 0. The van der Waals surface area contributed by atoms with Crippen LogP contribution >= 0.6 is 0 Å². The number of likely N-dealkylation sites (N-methyl/N-ethyl adjacent to an activating group) is 1. The first-order valence-corrected chi connectivity index (χ1v) is 6.84. The molecule has 0 saturated heterocycles. The summed E-state index contributed by atoms with van der Waals surface area (Å²) in [5.74, 6) is -0.994. The van der Waals surface area contributed by atoms with Gasteiger partial charge in [0.25, 0.3) is 0 Å². The lowest BCUT2D eigenvalue weighted by Crippen LogP contribution is -2.25. The number of aryl methyl sites for hydroxylation is 1. The van der Waals surface area contributed by atoms with Crippen LogP contribution in [0.15, 0.2) is 42.5 Å². The Morgan fingerprint density at radius 1 is 1.00 bits per heavy atom. The van der Waals surface area contributed by atoms with E-state index in [4.69, 9.17) is 0 Å². The molecule has 0 aromatic heterocycles. The molecule has 20 heavy (non-hydrogen) atoms. The van der Waals surface area contributed by atoms with Gasteiger partial charge in [0.2, 0.25) is 0 Å². The molecule has 0 aliphatic carbocycles. The van der Waals surface area contributed by atoms with Gasteiger partial charge < -0.3 is 5.32 Å². The molecule has 0 heterocycles. The second kappa shape index (κ2) is 6.62. The van der Waals surface area contributed by atoms with E-state index in [-0.39, 0.29) is 11.6 Å². The standard InChI is InChI=1S/C17H19F2N/c1-3-20-16(11-13-9-7-12(2)8-10-13)17-14(18)5-4-6-15(17)19/h4-10,16,20H,3,11H2,1-2H3. The van der Waals surface area contributed by atoms with Crippen molar-refractivity contribution in [1.29, 1.82) is 0 Å². The first-order valence-electron chi connectivity index (χ1n) is 6.84. The normalized spacial score (nSPS) is 12.4. The quantitative estimate of drug-likeness (QED) is 0.863. The number of benzene rings is 2. The molecular weight excluding hydrogens is 256 g/mol. The average molecular weight is 275 g/mol. The van der Waals surface area contributed by atoms with Crippen LogP contribution in [0.25, 0.3) is 0 Å². The molecule has 3 heteroatoms. The summed E-state index contributed by atoms with van der Waals surface area (Å²) in [6.07, 6.45) is 0.561. The molecule has 0 aliphatic heterocycles. The maximum Gasteiger partial charge on any atom is 0.130 e. The number of rotatable bonds is 5. The van der Waals surface area contributed by atoms with Gasteiger partial charge in [0.1, 0.15) is 11.6 Å². The van der Waals surface area contributed by atoms with Crippen LogP contribution in [0.2, 0.25) is 0 Å². The Balaban J connectivity index is 2.29. The Labute approximate surface area is 118 Å². The van der Waals surface area contributed by atoms with E-state index in [2.05, 4.69) is 5.32 Å². The van der Waals surface area contributed by atoms with Gasteiger partial charge in [-0.15, -0.1) is 0 Å². The average Bonchev–Trinajstić information content (AvgIpc) is 2.41. The van der Waals surface area contributed by atoms with E-state index in [1.54, 1.807) is 0 Å². The van der Waals surface area contributed by atoms with E-state index >= 15 is 0 Å². The lowest BCUT2D eigenvalue weighted by molar-refractivity contribution is 0.473. The molecule has 0 amide bonds. The molecule has 2 aromatic rings. The summed E-state index contributed by atoms with van der Waals surface area (Å²) in [7, 11) is 0. The summed E-state index contributed by atoms with van der Waals surface area (Å²) in [5, 5.41) is 3.16. The maximum atomic E-state index is 13.9. The van der Waals surface area contributed by atoms with E-state index in [1.165, 1.54) is 23.8 Å². The van der Waals surface area contributed by atoms with Crippen molar-refractivity contribution in [2.75, 3.05) is 6.54 Å². The van der Waals surface area contributed by atoms with Gasteiger partial charge in [0.05, 0.1) is 0 Å². The highest BCUT2D eigenvalue weighted by atomic mass is 19.1. The topological polar surface area (TPSA) is 12.0 Å². The largest absolute Gasteiger partial charge is 0.310 e. The molecule has 0 aliphatic rings. The minimum atomic E-state index is -0.497. The first kappa shape index (κ1) is 14.7. The van der Waals surface area contributed by atoms with Gasteiger partial charge >= 0.3 is 0 Å². The van der Waals surface area contributed by atoms with Crippen molar-refractivity contribution in [3.05, 3.63) is 70.8 Å². The van der Waals surface area contributed by atoms with E-state index < -0.39 is 11.6 Å². The van der Waals surface area contributed by atoms with Crippen LogP contribution in [0.5, 0.6) is 0 Å². The molecule has 2 rings (SSSR count). The van der Waals surface area contributed by atoms with Crippen LogP contribution in [0.1, 0.15) is 29.7 Å². The molecule has 1 nitrogen and oxygen atoms in total. The monoisotopic (exact) mass is 275 g/mol. The summed E-state index contributed by atoms with van der Waals surface area (Å²) in [5.41, 5.74) is 2.35. The first-order chi connectivity index (χ1) is 9.61. The van der Waals surface area contributed by atoms with Crippen molar-refractivity contribution in [2.24, 2.45) is 0 Å². The van der Waals surface area contributed by atoms with E-state index in [0.29, 0.717) is 13.0 Å². The summed E-state index contributed by atoms with van der Waals surface area (Å²) in [6.45, 7) is 4.60. The van der Waals surface area contributed by atoms with Crippen molar-refractivity contribution in [2.45, 2.75) is 26.3 Å². The van der Waals surface area contributed by atoms with Crippen LogP contribution in [0.3, 0.4) is 0 Å². The Hall–Kier alpha value is -1.74. The highest BCUT2D eigenvalue weighted by Crippen LogP contribution is 2.24. The second-order valence-corrected chi connectivity index (χ2v) is 4.94. The minimum Gasteiger partial charge on any atom is -0.310 e. The third kappa shape index (κ3) is 3.42. The lowest BCUT2D eigenvalue weighted by Gasteiger charge is -2.20. The van der Waals surface area contributed by atoms with Crippen LogP contribution in [-0.2, 0) is 6.42 Å². The smallest absolute Gasteiger partial charge is 0.130 e. The zero-order valence-corrected chi connectivity index (χ0v) is 11.8. The molecule has 1 N–H and O–H groups in total. The van der Waals surface area contributed by atoms with E-state index in [0.717, 1.165) is 5.56 Å². The molecule has 2 aromatic carbocycles. The predicted molar refractivity (Wildman–Crippen MR) is 77.7 cm³/mol. The fourth-order valence-electron chi connectivity index (χ4n) is 2.33. The zero-order chi connectivity index (χ0) is 14.5. The SMILES string of the molecule is CCNC(Cc1ccc(C)cc1)c1c(F)cccc1F. The van der Waals surface area contributed by atoms with Gasteiger partial charge in [-0.05, 0) is 37.6 Å². The minimum absolute atomic E-state index is 0.120. The molecule has 0 fully saturated rings. The van der Waals surface area contributed by atoms with Crippen LogP contribution in [0, 0.1) is 18.6 Å². The molecule has 1 unspecified atom stereocenters. The van der Waals surface area contributed by atoms with E-state index in [9.17, 15) is 8.78 Å². The fourth-order valence-corrected chi connectivity index (χ4v) is 2.33. The molecule has 0 radical (unpaired) electrons. The maximum absolute atomic E-state index is 13.9. The Bertz CT molecular complexity index is 543. The summed E-state index contributed by atoms with van der Waals surface area (Å²) < 4.78 is 27.8. The van der Waals surface area contributed by atoms with Gasteiger partial charge in [-0.1, -0.05) is 42.8 Å². The van der Waals surface area contributed by atoms with Gasteiger partial charge in [-0.3, -0.25) is 0 Å². The number of nitrogens with one attached hydrogen (secondary N) is 1. The van der Waals surface area contributed by atoms with E-state index in [1.807, 2.05) is 38.1 Å². The van der Waals surface area contributed by atoms with Crippen molar-refractivity contribution in [3.8, 4) is 0 Å². The van der Waals surface area contributed by atoms with Gasteiger partial charge in [0, 0.05) is 11.6 Å². The highest BCUT2D eigenvalue weighted by Gasteiger charge is 2.19. The fraction of sp³-hybridized carbons (Fsp3) is 0.294. The number of hydrogen-bond donors (Lipinski definition) is 1. The van der Waals surface area contributed by atoms with Crippen LogP contribution < -0.4 is 5.32 Å². The van der Waals surface area contributed by atoms with Gasteiger partial charge in [-0.25, -0.2) is 8.78 Å². The molecule has 0 bridgehead atoms. The molecule has 1 atom stereocenters. The van der Waals surface area contributed by atoms with Crippen molar-refractivity contribution in [3.63, 3.8) is 0 Å². The molecular formula is C17H19F2N. The Morgan fingerprint density at radius 3 is 2.15 bits per heavy atom. The predicted octanol–water partition coefficient (Wildman–Crippen LogP) is 4.17. The van der Waals surface area contributed by atoms with Crippen LogP contribution in [-0.4, -0.2) is 6.54 Å². The lowest BCUT2D eigenvalue weighted by atomic mass is 9.97. The third-order valence-electron chi connectivity index (χ3n) is 3.36. The Kier molecular flexibility index (Phi) is 4.85. The number of halogens is 2. The van der Waals surface area contributed by atoms with Gasteiger partial charge in [0.15, 0.2) is 0 Å². The molecule has 0 saturated carbocycles. The zero-order valence-electron chi connectivity index (χ0n) is 11.8. The summed E-state index contributed by atoms with van der Waals surface area (Å²) in [4.78, 5) is 0. The molecule has 0 spiro atoms. The Morgan fingerprint density at radius 2 is 1.60 bits per heavy atom. The third-order valence-corrected chi connectivity index (χ3v) is 3.36. The van der Waals surface area contributed by atoms with Crippen molar-refractivity contribution >= 4 is 0 Å². The summed E-state index contributed by atoms with van der Waals surface area (Å²) in [6, 6.07) is 11.7. The number of hydrogen-bond acceptors (Lipinski definition) is 1.